The molecule has 0 aliphatic carbocycles. The second-order valence-corrected chi connectivity index (χ2v) is 5.56. The van der Waals surface area contributed by atoms with Crippen LogP contribution in [0.3, 0.4) is 0 Å². The highest BCUT2D eigenvalue weighted by atomic mass is 16.5. The number of amides is 1. The highest BCUT2D eigenvalue weighted by molar-refractivity contribution is 6.02. The fraction of sp³-hybridized carbons (Fsp3) is 0.211. The molecule has 0 aliphatic heterocycles. The van der Waals surface area contributed by atoms with Crippen LogP contribution in [-0.4, -0.2) is 29.9 Å². The summed E-state index contributed by atoms with van der Waals surface area (Å²) in [6.07, 6.45) is 0.0788. The number of carboxylic acids is 1. The van der Waals surface area contributed by atoms with Crippen molar-refractivity contribution in [1.82, 2.24) is 0 Å². The van der Waals surface area contributed by atoms with Crippen LogP contribution in [0.4, 0.5) is 5.69 Å². The van der Waals surface area contributed by atoms with Crippen LogP contribution < -0.4 is 10.1 Å². The number of nitrogens with one attached hydrogen (secondary N) is 1. The fourth-order valence-corrected chi connectivity index (χ4v) is 2.32. The van der Waals surface area contributed by atoms with Crippen molar-refractivity contribution in [3.05, 3.63) is 59.2 Å². The molecule has 0 aromatic heterocycles. The van der Waals surface area contributed by atoms with Crippen LogP contribution >= 0.6 is 0 Å². The maximum absolute atomic E-state index is 12.3. The summed E-state index contributed by atoms with van der Waals surface area (Å²) in [6.45, 7) is 1.88. The number of anilines is 1. The summed E-state index contributed by atoms with van der Waals surface area (Å²) in [5, 5.41) is 11.5. The van der Waals surface area contributed by atoms with E-state index in [1.54, 1.807) is 12.1 Å². The van der Waals surface area contributed by atoms with Gasteiger partial charge in [-0.05, 0) is 43.3 Å². The third-order valence-corrected chi connectivity index (χ3v) is 3.65. The summed E-state index contributed by atoms with van der Waals surface area (Å²) < 4.78 is 5.19. The van der Waals surface area contributed by atoms with Crippen molar-refractivity contribution >= 4 is 23.3 Å². The summed E-state index contributed by atoms with van der Waals surface area (Å²) in [4.78, 5) is 35.1. The molecule has 0 bridgehead atoms. The second kappa shape index (κ2) is 8.10. The minimum Gasteiger partial charge on any atom is -0.496 e. The largest absolute Gasteiger partial charge is 0.496 e. The lowest BCUT2D eigenvalue weighted by atomic mass is 10.0. The van der Waals surface area contributed by atoms with Gasteiger partial charge in [-0.2, -0.15) is 0 Å². The van der Waals surface area contributed by atoms with Gasteiger partial charge in [0.15, 0.2) is 5.78 Å². The normalized spacial score (nSPS) is 10.2. The Morgan fingerprint density at radius 2 is 1.72 bits per heavy atom. The molecule has 2 N–H and O–H groups in total. The highest BCUT2D eigenvalue weighted by Crippen LogP contribution is 2.22. The molecule has 2 rings (SSSR count). The van der Waals surface area contributed by atoms with Gasteiger partial charge >= 0.3 is 5.97 Å². The van der Waals surface area contributed by atoms with Crippen molar-refractivity contribution in [2.75, 3.05) is 12.4 Å². The van der Waals surface area contributed by atoms with Crippen LogP contribution in [0.25, 0.3) is 0 Å². The maximum Gasteiger partial charge on any atom is 0.335 e. The number of carbonyl (C=O) groups is 3. The molecule has 0 saturated heterocycles. The van der Waals surface area contributed by atoms with Gasteiger partial charge in [-0.25, -0.2) is 4.79 Å². The number of methoxy groups -OCH3 is 1. The van der Waals surface area contributed by atoms with Crippen LogP contribution in [0, 0.1) is 6.92 Å². The van der Waals surface area contributed by atoms with E-state index < -0.39 is 5.97 Å². The molecule has 130 valence electrons. The third kappa shape index (κ3) is 4.91. The zero-order chi connectivity index (χ0) is 18.4. The summed E-state index contributed by atoms with van der Waals surface area (Å²) in [5.41, 5.74) is 2.02. The third-order valence-electron chi connectivity index (χ3n) is 3.65. The van der Waals surface area contributed by atoms with Gasteiger partial charge in [0.25, 0.3) is 0 Å². The Balaban J connectivity index is 1.94. The number of benzene rings is 2. The van der Waals surface area contributed by atoms with E-state index in [0.717, 1.165) is 5.56 Å². The molecule has 2 aromatic carbocycles. The van der Waals surface area contributed by atoms with E-state index in [-0.39, 0.29) is 30.1 Å². The average molecular weight is 341 g/mol. The first-order valence-corrected chi connectivity index (χ1v) is 7.71. The molecule has 6 nitrogen and oxygen atoms in total. The Kier molecular flexibility index (Phi) is 5.89. The monoisotopic (exact) mass is 341 g/mol. The standard InChI is InChI=1S/C19H19NO5/c1-12-3-9-17(25-2)15(11-12)16(21)8-10-18(22)20-14-6-4-13(5-7-14)19(23)24/h3-7,9,11H,8,10H2,1-2H3,(H,20,22)(H,23,24). The average Bonchev–Trinajstić information content (AvgIpc) is 2.60. The zero-order valence-electron chi connectivity index (χ0n) is 14.0. The number of Topliss-reactive ketones (excluding diaryl/α,β-unsaturated/α-hetero) is 1. The molecule has 0 atom stereocenters. The number of aryl methyl sites for hydroxylation is 1. The van der Waals surface area contributed by atoms with Crippen LogP contribution in [0.2, 0.25) is 0 Å². The molecule has 2 aromatic rings. The van der Waals surface area contributed by atoms with Gasteiger partial charge in [0, 0.05) is 18.5 Å². The van der Waals surface area contributed by atoms with E-state index in [1.807, 2.05) is 13.0 Å². The van der Waals surface area contributed by atoms with Crippen LogP contribution in [0.5, 0.6) is 5.75 Å². The minimum absolute atomic E-state index is 0.0244. The van der Waals surface area contributed by atoms with Crippen molar-refractivity contribution in [1.29, 1.82) is 0 Å². The molecule has 0 unspecified atom stereocenters. The summed E-state index contributed by atoms with van der Waals surface area (Å²) in [7, 11) is 1.49. The van der Waals surface area contributed by atoms with E-state index >= 15 is 0 Å². The van der Waals surface area contributed by atoms with E-state index in [4.69, 9.17) is 9.84 Å². The van der Waals surface area contributed by atoms with Gasteiger partial charge in [-0.1, -0.05) is 11.6 Å². The zero-order valence-corrected chi connectivity index (χ0v) is 14.0. The number of hydrogen-bond donors (Lipinski definition) is 2. The van der Waals surface area contributed by atoms with Gasteiger partial charge in [0.1, 0.15) is 5.75 Å². The van der Waals surface area contributed by atoms with Gasteiger partial charge in [0.05, 0.1) is 18.2 Å². The fourth-order valence-electron chi connectivity index (χ4n) is 2.32. The number of rotatable bonds is 7. The summed E-state index contributed by atoms with van der Waals surface area (Å²) >= 11 is 0. The number of ether oxygens (including phenoxy) is 1. The molecule has 25 heavy (non-hydrogen) atoms. The number of hydrogen-bond acceptors (Lipinski definition) is 4. The smallest absolute Gasteiger partial charge is 0.335 e. The van der Waals surface area contributed by atoms with E-state index in [0.29, 0.717) is 17.0 Å². The van der Waals surface area contributed by atoms with Crippen molar-refractivity contribution in [3.8, 4) is 5.75 Å². The molecule has 0 spiro atoms. The molecule has 1 amide bonds. The maximum atomic E-state index is 12.3. The first kappa shape index (κ1) is 18.2. The van der Waals surface area contributed by atoms with E-state index in [1.165, 1.54) is 31.4 Å². The van der Waals surface area contributed by atoms with Crippen LogP contribution in [0.15, 0.2) is 42.5 Å². The minimum atomic E-state index is -1.03. The van der Waals surface area contributed by atoms with Crippen molar-refractivity contribution in [2.24, 2.45) is 0 Å². The Morgan fingerprint density at radius 1 is 1.04 bits per heavy atom. The van der Waals surface area contributed by atoms with Crippen molar-refractivity contribution in [3.63, 3.8) is 0 Å². The topological polar surface area (TPSA) is 92.7 Å². The Morgan fingerprint density at radius 3 is 2.32 bits per heavy atom. The molecular weight excluding hydrogens is 322 g/mol. The summed E-state index contributed by atoms with van der Waals surface area (Å²) in [5.74, 6) is -1.03. The highest BCUT2D eigenvalue weighted by Gasteiger charge is 2.14. The number of carbonyl (C=O) groups excluding carboxylic acids is 2. The first-order chi connectivity index (χ1) is 11.9. The lowest BCUT2D eigenvalue weighted by Gasteiger charge is -2.09. The second-order valence-electron chi connectivity index (χ2n) is 5.56. The number of ketones is 1. The number of aromatic carboxylic acids is 1. The Hall–Kier alpha value is -3.15. The van der Waals surface area contributed by atoms with Gasteiger partial charge < -0.3 is 15.2 Å². The predicted molar refractivity (Wildman–Crippen MR) is 93.3 cm³/mol. The Labute approximate surface area is 145 Å². The van der Waals surface area contributed by atoms with Gasteiger partial charge in [-0.15, -0.1) is 0 Å². The predicted octanol–water partition coefficient (Wildman–Crippen LogP) is 3.30. The molecule has 6 heteroatoms. The van der Waals surface area contributed by atoms with E-state index in [9.17, 15) is 14.4 Å². The van der Waals surface area contributed by atoms with Crippen LogP contribution in [-0.2, 0) is 4.79 Å². The SMILES string of the molecule is COc1ccc(C)cc1C(=O)CCC(=O)Nc1ccc(C(=O)O)cc1. The summed E-state index contributed by atoms with van der Waals surface area (Å²) in [6, 6.07) is 11.1. The molecular formula is C19H19NO5. The molecule has 0 heterocycles. The molecule has 0 fully saturated rings. The molecule has 0 radical (unpaired) electrons. The van der Waals surface area contributed by atoms with Gasteiger partial charge in [0.2, 0.25) is 5.91 Å². The number of carboxylic acid groups (broad SMARTS) is 1. The molecule has 0 saturated carbocycles. The van der Waals surface area contributed by atoms with Gasteiger partial charge in [-0.3, -0.25) is 9.59 Å². The lowest BCUT2D eigenvalue weighted by molar-refractivity contribution is -0.116. The lowest BCUT2D eigenvalue weighted by Crippen LogP contribution is -2.14. The Bertz CT molecular complexity index is 796. The van der Waals surface area contributed by atoms with Crippen molar-refractivity contribution < 1.29 is 24.2 Å². The van der Waals surface area contributed by atoms with Crippen molar-refractivity contribution in [2.45, 2.75) is 19.8 Å². The van der Waals surface area contributed by atoms with E-state index in [2.05, 4.69) is 5.32 Å². The molecule has 0 aliphatic rings. The quantitative estimate of drug-likeness (QED) is 0.754. The first-order valence-electron chi connectivity index (χ1n) is 7.71. The van der Waals surface area contributed by atoms with Crippen LogP contribution in [0.1, 0.15) is 39.1 Å².